The van der Waals surface area contributed by atoms with E-state index in [9.17, 15) is 4.79 Å². The number of imidazole rings is 1. The highest BCUT2D eigenvalue weighted by atomic mass is 16.1. The molecular weight excluding hydrogens is 516 g/mol. The molecule has 0 spiro atoms. The molecule has 0 unspecified atom stereocenters. The molecule has 1 aromatic heterocycles. The summed E-state index contributed by atoms with van der Waals surface area (Å²) in [4.78, 5) is 22.4. The van der Waals surface area contributed by atoms with Gasteiger partial charge >= 0.3 is 0 Å². The molecule has 4 aromatic carbocycles. The number of rotatable bonds is 8. The number of nitrogens with zero attached hydrogens (tertiary/aromatic N) is 3. The highest BCUT2D eigenvalue weighted by Crippen LogP contribution is 2.28. The average Bonchev–Trinajstić information content (AvgIpc) is 3.36. The second kappa shape index (κ2) is 13.9. The van der Waals surface area contributed by atoms with E-state index in [4.69, 9.17) is 9.98 Å². The number of aliphatic imine (C=N–C) groups is 1. The molecule has 0 saturated carbocycles. The van der Waals surface area contributed by atoms with Crippen LogP contribution in [0.1, 0.15) is 72.6 Å². The Kier molecular flexibility index (Phi) is 10.1. The molecule has 5 aromatic rings. The van der Waals surface area contributed by atoms with Gasteiger partial charge in [-0.3, -0.25) is 9.79 Å². The van der Waals surface area contributed by atoms with Crippen molar-refractivity contribution in [3.05, 3.63) is 119 Å². The Hall–Kier alpha value is -4.51. The number of aryl methyl sites for hydroxylation is 3. The van der Waals surface area contributed by atoms with Crippen LogP contribution < -0.4 is 5.32 Å². The van der Waals surface area contributed by atoms with E-state index in [1.807, 2.05) is 50.2 Å². The van der Waals surface area contributed by atoms with Crippen molar-refractivity contribution in [1.82, 2.24) is 14.9 Å². The second-order valence-corrected chi connectivity index (χ2v) is 10.3. The minimum atomic E-state index is -0.0822. The van der Waals surface area contributed by atoms with E-state index < -0.39 is 0 Å². The zero-order valence-corrected chi connectivity index (χ0v) is 26.0. The number of carbonyl (C=O) groups is 1. The third-order valence-corrected chi connectivity index (χ3v) is 7.42. The average molecular weight is 559 g/mol. The van der Waals surface area contributed by atoms with Crippen LogP contribution in [0.3, 0.4) is 0 Å². The fourth-order valence-electron chi connectivity index (χ4n) is 5.21. The van der Waals surface area contributed by atoms with Gasteiger partial charge in [0.05, 0.1) is 16.7 Å². The largest absolute Gasteiger partial charge is 0.355 e. The number of amides is 1. The van der Waals surface area contributed by atoms with E-state index >= 15 is 0 Å². The molecule has 0 bridgehead atoms. The molecule has 5 nitrogen and oxygen atoms in total. The molecule has 0 aliphatic rings. The van der Waals surface area contributed by atoms with Gasteiger partial charge in [-0.15, -0.1) is 0 Å². The van der Waals surface area contributed by atoms with Gasteiger partial charge in [0.2, 0.25) is 0 Å². The number of nitrogens with one attached hydrogen (secondary N) is 1. The summed E-state index contributed by atoms with van der Waals surface area (Å²) in [5, 5.41) is 2.74. The number of hydrogen-bond acceptors (Lipinski definition) is 3. The highest BCUT2D eigenvalue weighted by Gasteiger charge is 2.16. The van der Waals surface area contributed by atoms with Crippen molar-refractivity contribution in [2.24, 2.45) is 4.99 Å². The molecule has 216 valence electrons. The SMILES string of the molecule is CC.CCCc1nc2c(C)cc(C(C)=Nc3ccccc3C)cc2n1Cc1ccc(-c2ccccc2C(=O)NC)cc1. The van der Waals surface area contributed by atoms with Crippen molar-refractivity contribution in [3.8, 4) is 11.1 Å². The van der Waals surface area contributed by atoms with Crippen LogP contribution in [0.25, 0.3) is 22.2 Å². The molecule has 1 amide bonds. The van der Waals surface area contributed by atoms with E-state index in [2.05, 4.69) is 86.1 Å². The van der Waals surface area contributed by atoms with E-state index in [0.717, 1.165) is 75.5 Å². The third kappa shape index (κ3) is 6.52. The molecule has 0 atom stereocenters. The molecule has 5 rings (SSSR count). The minimum Gasteiger partial charge on any atom is -0.355 e. The summed E-state index contributed by atoms with van der Waals surface area (Å²) in [6.07, 6.45) is 1.94. The fourth-order valence-corrected chi connectivity index (χ4v) is 5.21. The topological polar surface area (TPSA) is 59.3 Å². The van der Waals surface area contributed by atoms with Crippen LogP contribution in [0, 0.1) is 13.8 Å². The molecule has 0 radical (unpaired) electrons. The van der Waals surface area contributed by atoms with Gasteiger partial charge in [-0.05, 0) is 84.8 Å². The number of hydrogen-bond donors (Lipinski definition) is 1. The molecule has 0 fully saturated rings. The van der Waals surface area contributed by atoms with Crippen LogP contribution in [0.15, 0.2) is 89.9 Å². The van der Waals surface area contributed by atoms with Crippen molar-refractivity contribution < 1.29 is 4.79 Å². The van der Waals surface area contributed by atoms with Crippen LogP contribution in [0.2, 0.25) is 0 Å². The summed E-state index contributed by atoms with van der Waals surface area (Å²) in [5.74, 6) is 1.02. The number of aromatic nitrogens is 2. The summed E-state index contributed by atoms with van der Waals surface area (Å²) in [5.41, 5.74) is 11.4. The van der Waals surface area contributed by atoms with Crippen molar-refractivity contribution in [2.75, 3.05) is 7.05 Å². The number of para-hydroxylation sites is 1. The Labute approximate surface area is 250 Å². The lowest BCUT2D eigenvalue weighted by atomic mass is 9.98. The highest BCUT2D eigenvalue weighted by molar-refractivity contribution is 6.03. The van der Waals surface area contributed by atoms with Crippen LogP contribution in [0.5, 0.6) is 0 Å². The van der Waals surface area contributed by atoms with Crippen molar-refractivity contribution >= 4 is 28.3 Å². The molecule has 5 heteroatoms. The molecule has 42 heavy (non-hydrogen) atoms. The van der Waals surface area contributed by atoms with Crippen LogP contribution >= 0.6 is 0 Å². The number of benzene rings is 4. The van der Waals surface area contributed by atoms with Gasteiger partial charge in [-0.2, -0.15) is 0 Å². The van der Waals surface area contributed by atoms with Gasteiger partial charge in [0.25, 0.3) is 5.91 Å². The standard InChI is InChI=1S/C35H36N4O.C2H6/c1-6-11-33-38-34-24(3)20-28(25(4)37-31-15-10-7-12-23(31)2)21-32(34)39(33)22-26-16-18-27(19-17-26)29-13-8-9-14-30(29)35(40)36-5;1-2/h7-10,12-21H,6,11,22H2,1-5H3,(H,36,40);1-2H3. The van der Waals surface area contributed by atoms with E-state index in [-0.39, 0.29) is 5.91 Å². The second-order valence-electron chi connectivity index (χ2n) is 10.3. The van der Waals surface area contributed by atoms with Gasteiger partial charge in [0.15, 0.2) is 0 Å². The zero-order chi connectivity index (χ0) is 30.2. The molecule has 1 heterocycles. The van der Waals surface area contributed by atoms with Gasteiger partial charge in [0, 0.05) is 31.3 Å². The molecule has 0 aliphatic heterocycles. The molecular formula is C37H42N4O. The maximum absolute atomic E-state index is 12.4. The smallest absolute Gasteiger partial charge is 0.251 e. The number of carbonyl (C=O) groups excluding carboxylic acids is 1. The Morgan fingerprint density at radius 1 is 0.905 bits per heavy atom. The van der Waals surface area contributed by atoms with Gasteiger partial charge in [-0.25, -0.2) is 4.98 Å². The first-order chi connectivity index (χ1) is 20.4. The lowest BCUT2D eigenvalue weighted by Gasteiger charge is -2.12. The van der Waals surface area contributed by atoms with E-state index in [1.165, 1.54) is 5.56 Å². The normalized spacial score (nSPS) is 11.3. The molecule has 0 aliphatic carbocycles. The predicted molar refractivity (Wildman–Crippen MR) is 177 cm³/mol. The maximum atomic E-state index is 12.4. The first kappa shape index (κ1) is 30.4. The van der Waals surface area contributed by atoms with E-state index in [0.29, 0.717) is 5.56 Å². The Balaban J connectivity index is 0.00000198. The first-order valence-corrected chi connectivity index (χ1v) is 14.9. The third-order valence-electron chi connectivity index (χ3n) is 7.42. The first-order valence-electron chi connectivity index (χ1n) is 14.9. The maximum Gasteiger partial charge on any atom is 0.251 e. The van der Waals surface area contributed by atoms with Crippen molar-refractivity contribution in [1.29, 1.82) is 0 Å². The van der Waals surface area contributed by atoms with Crippen molar-refractivity contribution in [2.45, 2.75) is 60.9 Å². The van der Waals surface area contributed by atoms with Crippen LogP contribution in [-0.2, 0) is 13.0 Å². The summed E-state index contributed by atoms with van der Waals surface area (Å²) in [7, 11) is 1.66. The fraction of sp³-hybridized carbons (Fsp3) is 0.270. The van der Waals surface area contributed by atoms with E-state index in [1.54, 1.807) is 7.05 Å². The Morgan fingerprint density at radius 2 is 1.60 bits per heavy atom. The Bertz CT molecular complexity index is 1710. The zero-order valence-electron chi connectivity index (χ0n) is 26.0. The summed E-state index contributed by atoms with van der Waals surface area (Å²) >= 11 is 0. The van der Waals surface area contributed by atoms with Gasteiger partial charge in [-0.1, -0.05) is 81.4 Å². The molecule has 0 saturated heterocycles. The van der Waals surface area contributed by atoms with Gasteiger partial charge in [0.1, 0.15) is 5.82 Å². The summed E-state index contributed by atoms with van der Waals surface area (Å²) in [6.45, 7) is 13.2. The lowest BCUT2D eigenvalue weighted by molar-refractivity contribution is 0.0963. The minimum absolute atomic E-state index is 0.0822. The quantitative estimate of drug-likeness (QED) is 0.193. The van der Waals surface area contributed by atoms with Gasteiger partial charge < -0.3 is 9.88 Å². The number of fused-ring (bicyclic) bond motifs is 1. The van der Waals surface area contributed by atoms with Crippen molar-refractivity contribution in [3.63, 3.8) is 0 Å². The monoisotopic (exact) mass is 558 g/mol. The molecule has 1 N–H and O–H groups in total. The predicted octanol–water partition coefficient (Wildman–Crippen LogP) is 8.85. The Morgan fingerprint density at radius 3 is 2.29 bits per heavy atom. The van der Waals surface area contributed by atoms with Crippen LogP contribution in [-0.4, -0.2) is 28.2 Å². The van der Waals surface area contributed by atoms with Crippen LogP contribution in [0.4, 0.5) is 5.69 Å². The lowest BCUT2D eigenvalue weighted by Crippen LogP contribution is -2.18. The summed E-state index contributed by atoms with van der Waals surface area (Å²) in [6, 6.07) is 28.9. The summed E-state index contributed by atoms with van der Waals surface area (Å²) < 4.78 is 2.35.